The van der Waals surface area contributed by atoms with Crippen LogP contribution < -0.4 is 5.32 Å². The summed E-state index contributed by atoms with van der Waals surface area (Å²) in [7, 11) is 0. The number of nitriles is 1. The molecule has 0 aliphatic carbocycles. The van der Waals surface area contributed by atoms with Gasteiger partial charge in [0.15, 0.2) is 0 Å². The fourth-order valence-electron chi connectivity index (χ4n) is 2.63. The molecule has 0 fully saturated rings. The van der Waals surface area contributed by atoms with Gasteiger partial charge >= 0.3 is 0 Å². The van der Waals surface area contributed by atoms with Crippen molar-refractivity contribution in [2.45, 2.75) is 33.2 Å². The van der Waals surface area contributed by atoms with Gasteiger partial charge in [-0.25, -0.2) is 0 Å². The average molecular weight is 325 g/mol. The highest BCUT2D eigenvalue weighted by Gasteiger charge is 2.14. The summed E-state index contributed by atoms with van der Waals surface area (Å²) >= 11 is 0. The van der Waals surface area contributed by atoms with Crippen LogP contribution in [0, 0.1) is 18.3 Å². The van der Waals surface area contributed by atoms with Crippen molar-refractivity contribution in [1.82, 2.24) is 4.90 Å². The van der Waals surface area contributed by atoms with Crippen molar-refractivity contribution in [2.24, 2.45) is 0 Å². The Hall–Kier alpha value is -2.58. The molecule has 0 spiro atoms. The van der Waals surface area contributed by atoms with E-state index in [0.29, 0.717) is 19.5 Å². The molecule has 126 valence electrons. The Bertz CT molecular complexity index is 702. The Kier molecular flexibility index (Phi) is 6.59. The Morgan fingerprint density at radius 2 is 2.17 bits per heavy atom. The van der Waals surface area contributed by atoms with Crippen molar-refractivity contribution >= 4 is 11.6 Å². The fraction of sp³-hybridized carbons (Fsp3) is 0.368. The smallest absolute Gasteiger partial charge is 0.238 e. The molecule has 2 aromatic rings. The zero-order chi connectivity index (χ0) is 17.4. The summed E-state index contributed by atoms with van der Waals surface area (Å²) in [4.78, 5) is 14.4. The highest BCUT2D eigenvalue weighted by atomic mass is 16.3. The Morgan fingerprint density at radius 3 is 2.83 bits per heavy atom. The number of benzene rings is 1. The van der Waals surface area contributed by atoms with Crippen LogP contribution in [0.15, 0.2) is 41.0 Å². The summed E-state index contributed by atoms with van der Waals surface area (Å²) in [6.07, 6.45) is 2.85. The van der Waals surface area contributed by atoms with Crippen LogP contribution in [0.5, 0.6) is 0 Å². The van der Waals surface area contributed by atoms with E-state index < -0.39 is 0 Å². The number of para-hydroxylation sites is 1. The van der Waals surface area contributed by atoms with E-state index in [9.17, 15) is 4.79 Å². The molecule has 1 N–H and O–H groups in total. The molecule has 0 atom stereocenters. The number of nitrogens with one attached hydrogen (secondary N) is 1. The van der Waals surface area contributed by atoms with Crippen molar-refractivity contribution in [1.29, 1.82) is 5.26 Å². The van der Waals surface area contributed by atoms with Crippen LogP contribution in [-0.2, 0) is 17.8 Å². The van der Waals surface area contributed by atoms with E-state index in [4.69, 9.17) is 9.68 Å². The molecule has 0 aliphatic heterocycles. The highest BCUT2D eigenvalue weighted by Crippen LogP contribution is 2.21. The summed E-state index contributed by atoms with van der Waals surface area (Å²) < 4.78 is 5.34. The van der Waals surface area contributed by atoms with Gasteiger partial charge in [0.1, 0.15) is 5.76 Å². The minimum Gasteiger partial charge on any atom is -0.468 e. The quantitative estimate of drug-likeness (QED) is 0.806. The number of anilines is 1. The van der Waals surface area contributed by atoms with Gasteiger partial charge in [-0.15, -0.1) is 0 Å². The number of hydrogen-bond donors (Lipinski definition) is 1. The van der Waals surface area contributed by atoms with Crippen LogP contribution in [0.25, 0.3) is 0 Å². The largest absolute Gasteiger partial charge is 0.468 e. The first-order valence-corrected chi connectivity index (χ1v) is 8.14. The molecular weight excluding hydrogens is 302 g/mol. The van der Waals surface area contributed by atoms with Gasteiger partial charge < -0.3 is 9.73 Å². The van der Waals surface area contributed by atoms with Gasteiger partial charge in [0.25, 0.3) is 0 Å². The maximum absolute atomic E-state index is 12.5. The van der Waals surface area contributed by atoms with E-state index in [1.54, 1.807) is 6.26 Å². The van der Waals surface area contributed by atoms with Crippen molar-refractivity contribution in [3.05, 3.63) is 53.5 Å². The third-order valence-corrected chi connectivity index (χ3v) is 3.87. The molecule has 24 heavy (non-hydrogen) atoms. The topological polar surface area (TPSA) is 69.3 Å². The lowest BCUT2D eigenvalue weighted by Gasteiger charge is -2.20. The predicted molar refractivity (Wildman–Crippen MR) is 93.4 cm³/mol. The molecule has 0 saturated carbocycles. The van der Waals surface area contributed by atoms with Crippen molar-refractivity contribution in [3.63, 3.8) is 0 Å². The molecule has 1 aromatic heterocycles. The van der Waals surface area contributed by atoms with Crippen LogP contribution in [0.1, 0.15) is 30.2 Å². The second-order valence-electron chi connectivity index (χ2n) is 5.71. The zero-order valence-corrected chi connectivity index (χ0v) is 14.2. The number of furan rings is 1. The third kappa shape index (κ3) is 4.97. The van der Waals surface area contributed by atoms with E-state index in [-0.39, 0.29) is 12.5 Å². The van der Waals surface area contributed by atoms with Crippen molar-refractivity contribution < 1.29 is 9.21 Å². The lowest BCUT2D eigenvalue weighted by molar-refractivity contribution is -0.117. The van der Waals surface area contributed by atoms with E-state index in [1.165, 1.54) is 0 Å². The number of aryl methyl sites for hydroxylation is 2. The van der Waals surface area contributed by atoms with Gasteiger partial charge in [-0.05, 0) is 36.6 Å². The molecule has 0 saturated heterocycles. The minimum atomic E-state index is -0.0801. The molecule has 1 aromatic carbocycles. The molecule has 5 heteroatoms. The summed E-state index contributed by atoms with van der Waals surface area (Å²) in [5.74, 6) is 0.703. The number of nitrogens with zero attached hydrogens (tertiary/aromatic N) is 2. The lowest BCUT2D eigenvalue weighted by atomic mass is 10.1. The maximum atomic E-state index is 12.5. The molecule has 1 amide bonds. The second kappa shape index (κ2) is 8.90. The first kappa shape index (κ1) is 17.8. The van der Waals surface area contributed by atoms with Gasteiger partial charge in [-0.2, -0.15) is 5.26 Å². The van der Waals surface area contributed by atoms with E-state index in [2.05, 4.69) is 18.3 Å². The van der Waals surface area contributed by atoms with Crippen LogP contribution in [-0.4, -0.2) is 23.9 Å². The van der Waals surface area contributed by atoms with Gasteiger partial charge in [-0.3, -0.25) is 9.69 Å². The zero-order valence-electron chi connectivity index (χ0n) is 14.2. The standard InChI is InChI=1S/C19H23N3O2/c1-3-16-8-4-7-15(2)19(16)21-18(23)14-22(11-6-10-20)13-17-9-5-12-24-17/h4-5,7-9,12H,3,6,11,13-14H2,1-2H3,(H,21,23). The number of carbonyl (C=O) groups is 1. The van der Waals surface area contributed by atoms with Crippen LogP contribution in [0.3, 0.4) is 0 Å². The Morgan fingerprint density at radius 1 is 1.33 bits per heavy atom. The average Bonchev–Trinajstić information content (AvgIpc) is 3.07. The molecule has 0 aliphatic rings. The number of carbonyl (C=O) groups excluding carboxylic acids is 1. The Labute approximate surface area is 142 Å². The maximum Gasteiger partial charge on any atom is 0.238 e. The first-order valence-electron chi connectivity index (χ1n) is 8.14. The van der Waals surface area contributed by atoms with Gasteiger partial charge in [0, 0.05) is 18.7 Å². The van der Waals surface area contributed by atoms with Gasteiger partial charge in [-0.1, -0.05) is 25.1 Å². The lowest BCUT2D eigenvalue weighted by Crippen LogP contribution is -2.33. The predicted octanol–water partition coefficient (Wildman–Crippen LogP) is 3.50. The molecule has 1 heterocycles. The fourth-order valence-corrected chi connectivity index (χ4v) is 2.63. The van der Waals surface area contributed by atoms with E-state index >= 15 is 0 Å². The van der Waals surface area contributed by atoms with E-state index in [1.807, 2.05) is 42.2 Å². The normalized spacial score (nSPS) is 10.6. The molecule has 0 bridgehead atoms. The summed E-state index contributed by atoms with van der Waals surface area (Å²) in [6, 6.07) is 11.8. The van der Waals surface area contributed by atoms with Gasteiger partial charge in [0.2, 0.25) is 5.91 Å². The second-order valence-corrected chi connectivity index (χ2v) is 5.71. The van der Waals surface area contributed by atoms with Crippen LogP contribution >= 0.6 is 0 Å². The van der Waals surface area contributed by atoms with Crippen LogP contribution in [0.2, 0.25) is 0 Å². The van der Waals surface area contributed by atoms with Crippen molar-refractivity contribution in [2.75, 3.05) is 18.4 Å². The summed E-state index contributed by atoms with van der Waals surface area (Å²) in [5.41, 5.74) is 3.07. The number of amides is 1. The summed E-state index contributed by atoms with van der Waals surface area (Å²) in [5, 5.41) is 11.8. The minimum absolute atomic E-state index is 0.0801. The third-order valence-electron chi connectivity index (χ3n) is 3.87. The van der Waals surface area contributed by atoms with Crippen molar-refractivity contribution in [3.8, 4) is 6.07 Å². The molecule has 5 nitrogen and oxygen atoms in total. The highest BCUT2D eigenvalue weighted by molar-refractivity contribution is 5.93. The number of rotatable bonds is 8. The summed E-state index contributed by atoms with van der Waals surface area (Å²) in [6.45, 7) is 5.32. The molecular formula is C19H23N3O2. The number of hydrogen-bond acceptors (Lipinski definition) is 4. The first-order chi connectivity index (χ1) is 11.6. The SMILES string of the molecule is CCc1cccc(C)c1NC(=O)CN(CCC#N)Cc1ccco1. The molecule has 0 radical (unpaired) electrons. The molecule has 2 rings (SSSR count). The monoisotopic (exact) mass is 325 g/mol. The molecule has 0 unspecified atom stereocenters. The Balaban J connectivity index is 2.03. The van der Waals surface area contributed by atoms with Gasteiger partial charge in [0.05, 0.1) is 25.4 Å². The van der Waals surface area contributed by atoms with E-state index in [0.717, 1.165) is 29.0 Å². The van der Waals surface area contributed by atoms with Crippen LogP contribution in [0.4, 0.5) is 5.69 Å².